The van der Waals surface area contributed by atoms with Crippen molar-refractivity contribution in [2.24, 2.45) is 0 Å². The summed E-state index contributed by atoms with van der Waals surface area (Å²) in [5, 5.41) is 6.15. The molecule has 0 aliphatic carbocycles. The van der Waals surface area contributed by atoms with E-state index in [1.165, 1.54) is 0 Å². The molecule has 1 fully saturated rings. The lowest BCUT2D eigenvalue weighted by Crippen LogP contribution is -2.51. The molecule has 2 aromatic rings. The molecule has 1 aliphatic heterocycles. The molecule has 0 spiro atoms. The van der Waals surface area contributed by atoms with Crippen LogP contribution in [0.4, 0.5) is 4.79 Å². The van der Waals surface area contributed by atoms with Gasteiger partial charge in [0.2, 0.25) is 0 Å². The zero-order valence-corrected chi connectivity index (χ0v) is 14.1. The highest BCUT2D eigenvalue weighted by atomic mass is 32.1. The van der Waals surface area contributed by atoms with Gasteiger partial charge in [0.1, 0.15) is 0 Å². The molecule has 6 nitrogen and oxygen atoms in total. The molecule has 2 amide bonds. The maximum absolute atomic E-state index is 12.2. The van der Waals surface area contributed by atoms with Crippen molar-refractivity contribution in [2.45, 2.75) is 20.0 Å². The quantitative estimate of drug-likeness (QED) is 0.929. The van der Waals surface area contributed by atoms with Crippen molar-refractivity contribution in [3.05, 3.63) is 46.2 Å². The lowest BCUT2D eigenvalue weighted by molar-refractivity contribution is 0.134. The molecular formula is C16H21N5OS. The number of nitrogens with zero attached hydrogens (tertiary/aromatic N) is 4. The van der Waals surface area contributed by atoms with Crippen LogP contribution in [-0.4, -0.2) is 52.0 Å². The molecule has 0 radical (unpaired) electrons. The monoisotopic (exact) mass is 331 g/mol. The Bertz CT molecular complexity index is 637. The number of aryl methyl sites for hydroxylation is 1. The summed E-state index contributed by atoms with van der Waals surface area (Å²) in [6.07, 6.45) is 1.74. The molecule has 3 rings (SSSR count). The molecule has 0 atom stereocenters. The van der Waals surface area contributed by atoms with Crippen LogP contribution in [0.2, 0.25) is 0 Å². The first-order chi connectivity index (χ1) is 11.2. The molecular weight excluding hydrogens is 310 g/mol. The first-order valence-corrected chi connectivity index (χ1v) is 8.65. The fourth-order valence-electron chi connectivity index (χ4n) is 2.60. The molecule has 0 unspecified atom stereocenters. The second-order valence-electron chi connectivity index (χ2n) is 5.60. The second-order valence-corrected chi connectivity index (χ2v) is 6.66. The Morgan fingerprint density at radius 2 is 2.09 bits per heavy atom. The molecule has 7 heteroatoms. The van der Waals surface area contributed by atoms with E-state index in [4.69, 9.17) is 0 Å². The highest BCUT2D eigenvalue weighted by Crippen LogP contribution is 2.12. The summed E-state index contributed by atoms with van der Waals surface area (Å²) in [5.74, 6) is 0. The van der Waals surface area contributed by atoms with E-state index >= 15 is 0 Å². The van der Waals surface area contributed by atoms with Crippen LogP contribution in [0.15, 0.2) is 29.8 Å². The summed E-state index contributed by atoms with van der Waals surface area (Å²) in [7, 11) is 0. The van der Waals surface area contributed by atoms with Crippen LogP contribution in [0, 0.1) is 6.92 Å². The number of amides is 2. The van der Waals surface area contributed by atoms with Crippen LogP contribution in [0.25, 0.3) is 0 Å². The molecule has 1 saturated heterocycles. The molecule has 122 valence electrons. The minimum absolute atomic E-state index is 0.0141. The van der Waals surface area contributed by atoms with Crippen molar-refractivity contribution in [3.63, 3.8) is 0 Å². The van der Waals surface area contributed by atoms with Gasteiger partial charge < -0.3 is 10.2 Å². The summed E-state index contributed by atoms with van der Waals surface area (Å²) in [6, 6.07) is 5.69. The van der Waals surface area contributed by atoms with Gasteiger partial charge in [0.25, 0.3) is 0 Å². The van der Waals surface area contributed by atoms with Crippen molar-refractivity contribution in [1.82, 2.24) is 25.1 Å². The maximum atomic E-state index is 12.2. The SMILES string of the molecule is Cc1nc(CN2CCN(C(=O)NCc3ccccn3)CC2)cs1. The van der Waals surface area contributed by atoms with Crippen molar-refractivity contribution < 1.29 is 4.79 Å². The minimum atomic E-state index is -0.0141. The van der Waals surface area contributed by atoms with E-state index in [1.54, 1.807) is 17.5 Å². The molecule has 0 aromatic carbocycles. The molecule has 1 aliphatic rings. The number of piperazine rings is 1. The van der Waals surface area contributed by atoms with E-state index in [9.17, 15) is 4.79 Å². The van der Waals surface area contributed by atoms with Crippen LogP contribution in [0.3, 0.4) is 0 Å². The lowest BCUT2D eigenvalue weighted by Gasteiger charge is -2.34. The largest absolute Gasteiger partial charge is 0.332 e. The second kappa shape index (κ2) is 7.52. The predicted octanol–water partition coefficient (Wildman–Crippen LogP) is 1.87. The number of carbonyl (C=O) groups excluding carboxylic acids is 1. The third kappa shape index (κ3) is 4.49. The summed E-state index contributed by atoms with van der Waals surface area (Å²) < 4.78 is 0. The molecule has 1 N–H and O–H groups in total. The average molecular weight is 331 g/mol. The van der Waals surface area contributed by atoms with Gasteiger partial charge in [-0.05, 0) is 19.1 Å². The predicted molar refractivity (Wildman–Crippen MR) is 90.2 cm³/mol. The summed E-state index contributed by atoms with van der Waals surface area (Å²) in [6.45, 7) is 6.62. The number of hydrogen-bond donors (Lipinski definition) is 1. The van der Waals surface area contributed by atoms with E-state index in [2.05, 4.69) is 25.6 Å². The fraction of sp³-hybridized carbons (Fsp3) is 0.438. The Hall–Kier alpha value is -1.99. The molecule has 3 heterocycles. The van der Waals surface area contributed by atoms with E-state index < -0.39 is 0 Å². The van der Waals surface area contributed by atoms with Crippen molar-refractivity contribution >= 4 is 17.4 Å². The van der Waals surface area contributed by atoms with E-state index in [1.807, 2.05) is 30.0 Å². The Morgan fingerprint density at radius 1 is 1.26 bits per heavy atom. The summed E-state index contributed by atoms with van der Waals surface area (Å²) >= 11 is 1.68. The van der Waals surface area contributed by atoms with Gasteiger partial charge in [-0.15, -0.1) is 11.3 Å². The number of hydrogen-bond acceptors (Lipinski definition) is 5. The number of urea groups is 1. The zero-order valence-electron chi connectivity index (χ0n) is 13.2. The lowest BCUT2D eigenvalue weighted by atomic mass is 10.3. The normalized spacial score (nSPS) is 15.6. The fourth-order valence-corrected chi connectivity index (χ4v) is 3.20. The number of rotatable bonds is 4. The van der Waals surface area contributed by atoms with Crippen molar-refractivity contribution in [2.75, 3.05) is 26.2 Å². The number of pyridine rings is 1. The van der Waals surface area contributed by atoms with E-state index in [0.29, 0.717) is 6.54 Å². The van der Waals surface area contributed by atoms with Crippen LogP contribution in [0.1, 0.15) is 16.4 Å². The van der Waals surface area contributed by atoms with E-state index in [-0.39, 0.29) is 6.03 Å². The van der Waals surface area contributed by atoms with Gasteiger partial charge in [-0.25, -0.2) is 9.78 Å². The van der Waals surface area contributed by atoms with Gasteiger partial charge >= 0.3 is 6.03 Å². The number of thiazole rings is 1. The zero-order chi connectivity index (χ0) is 16.1. The van der Waals surface area contributed by atoms with Gasteiger partial charge in [-0.3, -0.25) is 9.88 Å². The third-order valence-electron chi connectivity index (χ3n) is 3.86. The minimum Gasteiger partial charge on any atom is -0.332 e. The van der Waals surface area contributed by atoms with E-state index in [0.717, 1.165) is 49.1 Å². The van der Waals surface area contributed by atoms with Gasteiger partial charge in [0.05, 0.1) is 22.9 Å². The third-order valence-corrected chi connectivity index (χ3v) is 4.68. The highest BCUT2D eigenvalue weighted by molar-refractivity contribution is 7.09. The first kappa shape index (κ1) is 15.9. The van der Waals surface area contributed by atoms with Gasteiger partial charge in [-0.2, -0.15) is 0 Å². The smallest absolute Gasteiger partial charge is 0.317 e. The van der Waals surface area contributed by atoms with Gasteiger partial charge in [0.15, 0.2) is 0 Å². The Morgan fingerprint density at radius 3 is 2.74 bits per heavy atom. The Balaban J connectivity index is 1.42. The standard InChI is InChI=1S/C16H21N5OS/c1-13-19-15(12-23-13)11-20-6-8-21(9-7-20)16(22)18-10-14-4-2-3-5-17-14/h2-5,12H,6-11H2,1H3,(H,18,22). The first-order valence-electron chi connectivity index (χ1n) is 7.77. The molecule has 0 saturated carbocycles. The van der Waals surface area contributed by atoms with Crippen LogP contribution in [-0.2, 0) is 13.1 Å². The van der Waals surface area contributed by atoms with Gasteiger partial charge in [0, 0.05) is 44.3 Å². The van der Waals surface area contributed by atoms with Crippen molar-refractivity contribution in [1.29, 1.82) is 0 Å². The van der Waals surface area contributed by atoms with Gasteiger partial charge in [-0.1, -0.05) is 6.07 Å². The van der Waals surface area contributed by atoms with Crippen molar-refractivity contribution in [3.8, 4) is 0 Å². The number of nitrogens with one attached hydrogen (secondary N) is 1. The average Bonchev–Trinajstić information content (AvgIpc) is 2.99. The Kier molecular flexibility index (Phi) is 5.19. The molecule has 0 bridgehead atoms. The number of carbonyl (C=O) groups is 1. The summed E-state index contributed by atoms with van der Waals surface area (Å²) in [4.78, 5) is 25.1. The topological polar surface area (TPSA) is 61.4 Å². The maximum Gasteiger partial charge on any atom is 0.317 e. The summed E-state index contributed by atoms with van der Waals surface area (Å²) in [5.41, 5.74) is 2.00. The van der Waals surface area contributed by atoms with Crippen LogP contribution >= 0.6 is 11.3 Å². The van der Waals surface area contributed by atoms with Crippen LogP contribution < -0.4 is 5.32 Å². The van der Waals surface area contributed by atoms with Crippen LogP contribution in [0.5, 0.6) is 0 Å². The number of aromatic nitrogens is 2. The molecule has 23 heavy (non-hydrogen) atoms. The Labute approximate surface area is 140 Å². The highest BCUT2D eigenvalue weighted by Gasteiger charge is 2.21. The molecule has 2 aromatic heterocycles.